The Morgan fingerprint density at radius 3 is 2.36 bits per heavy atom. The highest BCUT2D eigenvalue weighted by Crippen LogP contribution is 2.25. The average molecular weight is 376 g/mol. The summed E-state index contributed by atoms with van der Waals surface area (Å²) in [6.07, 6.45) is 2.05. The first kappa shape index (κ1) is 18.2. The van der Waals surface area contributed by atoms with Crippen molar-refractivity contribution in [2.24, 2.45) is 5.92 Å². The van der Waals surface area contributed by atoms with Gasteiger partial charge in [-0.3, -0.25) is 4.79 Å². The zero-order valence-corrected chi connectivity index (χ0v) is 16.2. The number of methoxy groups -OCH3 is 1. The number of hydrogen-bond acceptors (Lipinski definition) is 4. The molecule has 0 unspecified atom stereocenters. The second-order valence-corrected chi connectivity index (χ2v) is 7.21. The number of likely N-dealkylation sites (tertiary alicyclic amines) is 1. The molecule has 1 aliphatic heterocycles. The van der Waals surface area contributed by atoms with Crippen molar-refractivity contribution in [1.29, 1.82) is 0 Å². The minimum Gasteiger partial charge on any atom is -0.497 e. The first-order chi connectivity index (χ1) is 13.7. The molecule has 28 heavy (non-hydrogen) atoms. The van der Waals surface area contributed by atoms with E-state index in [2.05, 4.69) is 17.0 Å². The Balaban J connectivity index is 1.72. The van der Waals surface area contributed by atoms with Gasteiger partial charge >= 0.3 is 0 Å². The Hall–Kier alpha value is -3.15. The third-order valence-electron chi connectivity index (χ3n) is 5.22. The number of benzene rings is 2. The van der Waals surface area contributed by atoms with Crippen LogP contribution in [-0.4, -0.2) is 45.8 Å². The number of rotatable bonds is 4. The van der Waals surface area contributed by atoms with Crippen molar-refractivity contribution in [2.75, 3.05) is 20.2 Å². The maximum atomic E-state index is 13.0. The molecule has 0 atom stereocenters. The molecule has 0 aliphatic carbocycles. The van der Waals surface area contributed by atoms with Crippen molar-refractivity contribution in [3.05, 3.63) is 60.4 Å². The molecular formula is C22H24N4O2. The van der Waals surface area contributed by atoms with Crippen LogP contribution in [0.3, 0.4) is 0 Å². The van der Waals surface area contributed by atoms with Crippen LogP contribution in [0, 0.1) is 5.92 Å². The summed E-state index contributed by atoms with van der Waals surface area (Å²) in [5.74, 6) is 2.21. The number of piperidine rings is 1. The first-order valence-corrected chi connectivity index (χ1v) is 9.62. The third-order valence-corrected chi connectivity index (χ3v) is 5.22. The van der Waals surface area contributed by atoms with Gasteiger partial charge in [0.2, 0.25) is 5.82 Å². The monoisotopic (exact) mass is 376 g/mol. The fourth-order valence-electron chi connectivity index (χ4n) is 3.43. The van der Waals surface area contributed by atoms with Crippen LogP contribution in [0.4, 0.5) is 0 Å². The summed E-state index contributed by atoms with van der Waals surface area (Å²) in [6, 6.07) is 17.4. The average Bonchev–Trinajstić information content (AvgIpc) is 3.20. The zero-order valence-electron chi connectivity index (χ0n) is 16.2. The van der Waals surface area contributed by atoms with Crippen molar-refractivity contribution in [2.45, 2.75) is 19.8 Å². The summed E-state index contributed by atoms with van der Waals surface area (Å²) >= 11 is 0. The molecular weight excluding hydrogens is 352 g/mol. The van der Waals surface area contributed by atoms with E-state index in [1.54, 1.807) is 11.8 Å². The number of carbonyl (C=O) groups excluding carboxylic acids is 1. The van der Waals surface area contributed by atoms with Gasteiger partial charge < -0.3 is 9.64 Å². The Kier molecular flexibility index (Phi) is 5.10. The van der Waals surface area contributed by atoms with Crippen molar-refractivity contribution < 1.29 is 9.53 Å². The summed E-state index contributed by atoms with van der Waals surface area (Å²) in [6.45, 7) is 3.75. The molecule has 0 spiro atoms. The lowest BCUT2D eigenvalue weighted by Gasteiger charge is -2.29. The van der Waals surface area contributed by atoms with E-state index < -0.39 is 0 Å². The van der Waals surface area contributed by atoms with Gasteiger partial charge in [-0.1, -0.05) is 25.1 Å². The van der Waals surface area contributed by atoms with Crippen molar-refractivity contribution in [3.8, 4) is 22.8 Å². The summed E-state index contributed by atoms with van der Waals surface area (Å²) in [7, 11) is 1.64. The van der Waals surface area contributed by atoms with Crippen LogP contribution < -0.4 is 4.74 Å². The molecule has 1 aliphatic rings. The van der Waals surface area contributed by atoms with Gasteiger partial charge in [0, 0.05) is 18.7 Å². The van der Waals surface area contributed by atoms with Gasteiger partial charge in [0.15, 0.2) is 5.82 Å². The van der Waals surface area contributed by atoms with Crippen molar-refractivity contribution >= 4 is 5.91 Å². The predicted octanol–water partition coefficient (Wildman–Crippen LogP) is 3.82. The molecule has 0 saturated carbocycles. The second-order valence-electron chi connectivity index (χ2n) is 7.21. The highest BCUT2D eigenvalue weighted by Gasteiger charge is 2.26. The van der Waals surface area contributed by atoms with Gasteiger partial charge in [0.25, 0.3) is 5.91 Å². The van der Waals surface area contributed by atoms with Gasteiger partial charge in [-0.2, -0.15) is 0 Å². The minimum atomic E-state index is -0.101. The molecule has 1 saturated heterocycles. The number of amides is 1. The quantitative estimate of drug-likeness (QED) is 0.695. The van der Waals surface area contributed by atoms with E-state index in [1.165, 1.54) is 0 Å². The fraction of sp³-hybridized carbons (Fsp3) is 0.318. The molecule has 3 aromatic rings. The second kappa shape index (κ2) is 7.84. The third kappa shape index (κ3) is 3.63. The number of carbonyl (C=O) groups is 1. The fourth-order valence-corrected chi connectivity index (χ4v) is 3.43. The maximum absolute atomic E-state index is 13.0. The van der Waals surface area contributed by atoms with Crippen LogP contribution in [0.5, 0.6) is 5.75 Å². The van der Waals surface area contributed by atoms with E-state index in [1.807, 2.05) is 59.5 Å². The van der Waals surface area contributed by atoms with Crippen molar-refractivity contribution in [3.63, 3.8) is 0 Å². The SMILES string of the molecule is COc1ccc(-c2nc(C(=O)N3CCC(C)CC3)nn2-c2ccccc2)cc1. The molecule has 2 heterocycles. The van der Waals surface area contributed by atoms with E-state index in [9.17, 15) is 4.79 Å². The number of nitrogens with zero attached hydrogens (tertiary/aromatic N) is 4. The van der Waals surface area contributed by atoms with Crippen LogP contribution in [-0.2, 0) is 0 Å². The summed E-state index contributed by atoms with van der Waals surface area (Å²) in [5, 5.41) is 4.58. The first-order valence-electron chi connectivity index (χ1n) is 9.62. The van der Waals surface area contributed by atoms with Gasteiger partial charge in [-0.05, 0) is 55.2 Å². The summed E-state index contributed by atoms with van der Waals surface area (Å²) in [5.41, 5.74) is 1.75. The molecule has 1 amide bonds. The Labute approximate surface area is 164 Å². The zero-order chi connectivity index (χ0) is 19.5. The van der Waals surface area contributed by atoms with Crippen LogP contribution in [0.15, 0.2) is 54.6 Å². The van der Waals surface area contributed by atoms with E-state index in [0.717, 1.165) is 42.9 Å². The Morgan fingerprint density at radius 1 is 1.04 bits per heavy atom. The molecule has 0 radical (unpaired) electrons. The lowest BCUT2D eigenvalue weighted by atomic mass is 9.99. The Morgan fingerprint density at radius 2 is 1.71 bits per heavy atom. The normalized spacial score (nSPS) is 14.9. The topological polar surface area (TPSA) is 60.2 Å². The van der Waals surface area contributed by atoms with Gasteiger partial charge in [-0.25, -0.2) is 9.67 Å². The summed E-state index contributed by atoms with van der Waals surface area (Å²) in [4.78, 5) is 19.5. The molecule has 1 fully saturated rings. The van der Waals surface area contributed by atoms with Gasteiger partial charge in [0.05, 0.1) is 12.8 Å². The Bertz CT molecular complexity index is 942. The predicted molar refractivity (Wildman–Crippen MR) is 108 cm³/mol. The molecule has 6 nitrogen and oxygen atoms in total. The molecule has 144 valence electrons. The largest absolute Gasteiger partial charge is 0.497 e. The molecule has 2 aromatic carbocycles. The number of ether oxygens (including phenoxy) is 1. The minimum absolute atomic E-state index is 0.101. The standard InChI is InChI=1S/C22H24N4O2/c1-16-12-14-25(15-13-16)22(27)20-23-21(17-8-10-19(28-2)11-9-17)26(24-20)18-6-4-3-5-7-18/h3-11,16H,12-15H2,1-2H3. The van der Waals surface area contributed by atoms with Crippen LogP contribution in [0.1, 0.15) is 30.4 Å². The molecule has 0 N–H and O–H groups in total. The molecule has 6 heteroatoms. The van der Waals surface area contributed by atoms with Crippen molar-refractivity contribution in [1.82, 2.24) is 19.7 Å². The molecule has 1 aromatic heterocycles. The lowest BCUT2D eigenvalue weighted by molar-refractivity contribution is 0.0685. The van der Waals surface area contributed by atoms with E-state index in [4.69, 9.17) is 4.74 Å². The maximum Gasteiger partial charge on any atom is 0.293 e. The number of para-hydroxylation sites is 1. The molecule has 4 rings (SSSR count). The van der Waals surface area contributed by atoms with E-state index in [0.29, 0.717) is 11.7 Å². The smallest absolute Gasteiger partial charge is 0.293 e. The van der Waals surface area contributed by atoms with Gasteiger partial charge in [0.1, 0.15) is 5.75 Å². The van der Waals surface area contributed by atoms with Crippen LogP contribution in [0.2, 0.25) is 0 Å². The van der Waals surface area contributed by atoms with Crippen LogP contribution in [0.25, 0.3) is 17.1 Å². The lowest BCUT2D eigenvalue weighted by Crippen LogP contribution is -2.38. The highest BCUT2D eigenvalue weighted by atomic mass is 16.5. The van der Waals surface area contributed by atoms with Crippen LogP contribution >= 0.6 is 0 Å². The highest BCUT2D eigenvalue weighted by molar-refractivity contribution is 5.91. The summed E-state index contributed by atoms with van der Waals surface area (Å²) < 4.78 is 6.99. The number of aromatic nitrogens is 3. The molecule has 0 bridgehead atoms. The van der Waals surface area contributed by atoms with E-state index >= 15 is 0 Å². The number of hydrogen-bond donors (Lipinski definition) is 0. The van der Waals surface area contributed by atoms with E-state index in [-0.39, 0.29) is 11.7 Å². The van der Waals surface area contributed by atoms with Gasteiger partial charge in [-0.15, -0.1) is 5.10 Å².